The van der Waals surface area contributed by atoms with E-state index in [9.17, 15) is 9.59 Å². The maximum absolute atomic E-state index is 11.7. The summed E-state index contributed by atoms with van der Waals surface area (Å²) in [6, 6.07) is -0.596. The number of carbonyl (C=O) groups excluding carboxylic acids is 1. The van der Waals surface area contributed by atoms with E-state index in [-0.39, 0.29) is 5.91 Å². The second kappa shape index (κ2) is 5.30. The van der Waals surface area contributed by atoms with Gasteiger partial charge in [-0.05, 0) is 19.3 Å². The lowest BCUT2D eigenvalue weighted by Gasteiger charge is -2.26. The van der Waals surface area contributed by atoms with Gasteiger partial charge >= 0.3 is 5.97 Å². The van der Waals surface area contributed by atoms with E-state index in [0.29, 0.717) is 19.3 Å². The highest BCUT2D eigenvalue weighted by molar-refractivity contribution is 5.89. The lowest BCUT2D eigenvalue weighted by atomic mass is 9.97. The fourth-order valence-electron chi connectivity index (χ4n) is 2.14. The first-order valence-electron chi connectivity index (χ1n) is 5.83. The van der Waals surface area contributed by atoms with Crippen molar-refractivity contribution in [2.24, 2.45) is 5.73 Å². The molecular formula is C11H20N2O3. The number of carboxylic acids is 1. The van der Waals surface area contributed by atoms with Gasteiger partial charge in [0.15, 0.2) is 0 Å². The number of nitrogens with one attached hydrogen (secondary N) is 1. The summed E-state index contributed by atoms with van der Waals surface area (Å²) in [5.74, 6) is -1.28. The maximum atomic E-state index is 11.7. The Balaban J connectivity index is 2.62. The number of nitrogens with two attached hydrogens (primary N) is 1. The molecule has 5 heteroatoms. The predicted molar refractivity (Wildman–Crippen MR) is 59.9 cm³/mol. The second-order valence-electron chi connectivity index (χ2n) is 4.48. The van der Waals surface area contributed by atoms with Crippen molar-refractivity contribution in [1.29, 1.82) is 0 Å². The van der Waals surface area contributed by atoms with Crippen LogP contribution in [0.1, 0.15) is 45.4 Å². The molecule has 92 valence electrons. The van der Waals surface area contributed by atoms with Gasteiger partial charge in [-0.1, -0.05) is 26.2 Å². The van der Waals surface area contributed by atoms with Crippen LogP contribution in [-0.2, 0) is 9.59 Å². The highest BCUT2D eigenvalue weighted by atomic mass is 16.4. The van der Waals surface area contributed by atoms with Crippen molar-refractivity contribution in [2.75, 3.05) is 0 Å². The Kier molecular flexibility index (Phi) is 4.29. The summed E-state index contributed by atoms with van der Waals surface area (Å²) in [6.45, 7) is 1.94. The number of carboxylic acid groups (broad SMARTS) is 1. The normalized spacial score (nSPS) is 20.4. The smallest absolute Gasteiger partial charge is 0.329 e. The Labute approximate surface area is 95.4 Å². The van der Waals surface area contributed by atoms with E-state index in [1.54, 1.807) is 0 Å². The fraction of sp³-hybridized carbons (Fsp3) is 0.818. The van der Waals surface area contributed by atoms with Gasteiger partial charge in [0.25, 0.3) is 0 Å². The quantitative estimate of drug-likeness (QED) is 0.643. The maximum Gasteiger partial charge on any atom is 0.329 e. The van der Waals surface area contributed by atoms with Crippen LogP contribution >= 0.6 is 0 Å². The summed E-state index contributed by atoms with van der Waals surface area (Å²) in [4.78, 5) is 22.9. The van der Waals surface area contributed by atoms with Gasteiger partial charge in [-0.3, -0.25) is 4.79 Å². The van der Waals surface area contributed by atoms with Crippen LogP contribution in [0.15, 0.2) is 0 Å². The Hall–Kier alpha value is -1.10. The lowest BCUT2D eigenvalue weighted by Crippen LogP contribution is -2.56. The summed E-state index contributed by atoms with van der Waals surface area (Å²) in [5, 5.41) is 11.8. The summed E-state index contributed by atoms with van der Waals surface area (Å²) in [6.07, 6.45) is 4.10. The molecule has 1 amide bonds. The van der Waals surface area contributed by atoms with Crippen molar-refractivity contribution in [3.63, 3.8) is 0 Å². The van der Waals surface area contributed by atoms with E-state index < -0.39 is 17.6 Å². The first-order chi connectivity index (χ1) is 7.52. The number of carbonyl (C=O) groups is 2. The largest absolute Gasteiger partial charge is 0.480 e. The zero-order valence-corrected chi connectivity index (χ0v) is 9.66. The van der Waals surface area contributed by atoms with Crippen LogP contribution in [0.4, 0.5) is 0 Å². The van der Waals surface area contributed by atoms with Crippen LogP contribution < -0.4 is 11.1 Å². The van der Waals surface area contributed by atoms with Crippen LogP contribution in [0.2, 0.25) is 0 Å². The van der Waals surface area contributed by atoms with Crippen molar-refractivity contribution in [3.8, 4) is 0 Å². The second-order valence-corrected chi connectivity index (χ2v) is 4.48. The highest BCUT2D eigenvalue weighted by Gasteiger charge is 2.43. The molecule has 0 aliphatic heterocycles. The molecule has 1 fully saturated rings. The molecular weight excluding hydrogens is 208 g/mol. The number of aliphatic carboxylic acids is 1. The molecule has 4 N–H and O–H groups in total. The summed E-state index contributed by atoms with van der Waals surface area (Å²) < 4.78 is 0. The first kappa shape index (κ1) is 13.0. The average Bonchev–Trinajstić information content (AvgIpc) is 2.68. The highest BCUT2D eigenvalue weighted by Crippen LogP contribution is 2.29. The molecule has 0 aromatic rings. The number of hydrogen-bond donors (Lipinski definition) is 3. The molecule has 0 spiro atoms. The lowest BCUT2D eigenvalue weighted by molar-refractivity contribution is -0.147. The van der Waals surface area contributed by atoms with Crippen LogP contribution in [0.25, 0.3) is 0 Å². The zero-order chi connectivity index (χ0) is 12.2. The van der Waals surface area contributed by atoms with Gasteiger partial charge in [0.1, 0.15) is 5.54 Å². The van der Waals surface area contributed by atoms with Gasteiger partial charge in [0.2, 0.25) is 5.91 Å². The molecule has 0 saturated heterocycles. The van der Waals surface area contributed by atoms with Gasteiger partial charge < -0.3 is 16.2 Å². The number of rotatable bonds is 5. The summed E-state index contributed by atoms with van der Waals surface area (Å²) >= 11 is 0. The van der Waals surface area contributed by atoms with Crippen LogP contribution in [0, 0.1) is 0 Å². The topological polar surface area (TPSA) is 92.4 Å². The van der Waals surface area contributed by atoms with E-state index in [1.165, 1.54) is 0 Å². The summed E-state index contributed by atoms with van der Waals surface area (Å²) in [7, 11) is 0. The molecule has 1 atom stereocenters. The monoisotopic (exact) mass is 228 g/mol. The standard InChI is InChI=1S/C11H20N2O3/c1-2-5-8(12)9(14)13-11(10(15)16)6-3-4-7-11/h8H,2-7,12H2,1H3,(H,13,14)(H,15,16)/t8-/m1/s1. The minimum Gasteiger partial charge on any atom is -0.480 e. The van der Waals surface area contributed by atoms with E-state index in [2.05, 4.69) is 5.32 Å². The molecule has 1 aliphatic carbocycles. The van der Waals surface area contributed by atoms with Crippen molar-refractivity contribution < 1.29 is 14.7 Å². The van der Waals surface area contributed by atoms with E-state index in [0.717, 1.165) is 19.3 Å². The van der Waals surface area contributed by atoms with Gasteiger partial charge in [0, 0.05) is 0 Å². The third-order valence-corrected chi connectivity index (χ3v) is 3.17. The number of hydrogen-bond acceptors (Lipinski definition) is 3. The van der Waals surface area contributed by atoms with E-state index in [1.807, 2.05) is 6.92 Å². The molecule has 0 aromatic heterocycles. The summed E-state index contributed by atoms with van der Waals surface area (Å²) in [5.41, 5.74) is 4.59. The third kappa shape index (κ3) is 2.72. The third-order valence-electron chi connectivity index (χ3n) is 3.17. The molecule has 0 aromatic carbocycles. The minimum atomic E-state index is -1.07. The van der Waals surface area contributed by atoms with E-state index in [4.69, 9.17) is 10.8 Å². The van der Waals surface area contributed by atoms with E-state index >= 15 is 0 Å². The first-order valence-corrected chi connectivity index (χ1v) is 5.83. The Morgan fingerprint density at radius 2 is 2.00 bits per heavy atom. The zero-order valence-electron chi connectivity index (χ0n) is 9.66. The van der Waals surface area contributed by atoms with Crippen molar-refractivity contribution in [3.05, 3.63) is 0 Å². The average molecular weight is 228 g/mol. The molecule has 1 saturated carbocycles. The Bertz CT molecular complexity index is 272. The molecule has 1 aliphatic rings. The molecule has 1 rings (SSSR count). The van der Waals surface area contributed by atoms with Gasteiger partial charge in [0.05, 0.1) is 6.04 Å². The predicted octanol–water partition coefficient (Wildman–Crippen LogP) is 0.627. The van der Waals surface area contributed by atoms with Crippen LogP contribution in [0.5, 0.6) is 0 Å². The molecule has 5 nitrogen and oxygen atoms in total. The Morgan fingerprint density at radius 1 is 1.44 bits per heavy atom. The van der Waals surface area contributed by atoms with Crippen LogP contribution in [-0.4, -0.2) is 28.6 Å². The SMILES string of the molecule is CCC[C@@H](N)C(=O)NC1(C(=O)O)CCCC1. The van der Waals surface area contributed by atoms with Gasteiger partial charge in [-0.25, -0.2) is 4.79 Å². The van der Waals surface area contributed by atoms with Crippen molar-refractivity contribution in [1.82, 2.24) is 5.32 Å². The number of amides is 1. The van der Waals surface area contributed by atoms with Crippen LogP contribution in [0.3, 0.4) is 0 Å². The Morgan fingerprint density at radius 3 is 2.44 bits per heavy atom. The molecule has 16 heavy (non-hydrogen) atoms. The molecule has 0 bridgehead atoms. The van der Waals surface area contributed by atoms with Gasteiger partial charge in [-0.2, -0.15) is 0 Å². The van der Waals surface area contributed by atoms with Gasteiger partial charge in [-0.15, -0.1) is 0 Å². The molecule has 0 heterocycles. The minimum absolute atomic E-state index is 0.342. The van der Waals surface area contributed by atoms with Crippen molar-refractivity contribution >= 4 is 11.9 Å². The molecule has 0 radical (unpaired) electrons. The fourth-order valence-corrected chi connectivity index (χ4v) is 2.14. The molecule has 0 unspecified atom stereocenters. The van der Waals surface area contributed by atoms with Crippen molar-refractivity contribution in [2.45, 2.75) is 57.0 Å².